The summed E-state index contributed by atoms with van der Waals surface area (Å²) >= 11 is 0. The van der Waals surface area contributed by atoms with Gasteiger partial charge in [0.2, 0.25) is 0 Å². The summed E-state index contributed by atoms with van der Waals surface area (Å²) in [6, 6.07) is 2.43. The molecule has 0 spiro atoms. The molecule has 0 saturated heterocycles. The number of nitrogens with two attached hydrogens (primary N) is 1. The predicted molar refractivity (Wildman–Crippen MR) is 64.2 cm³/mol. The van der Waals surface area contributed by atoms with Gasteiger partial charge in [0.05, 0.1) is 18.8 Å². The molecule has 0 amide bonds. The van der Waals surface area contributed by atoms with Crippen LogP contribution in [0.2, 0.25) is 0 Å². The molecular weight excluding hydrogens is 216 g/mol. The lowest BCUT2D eigenvalue weighted by atomic mass is 10.3. The van der Waals surface area contributed by atoms with Gasteiger partial charge in [-0.1, -0.05) is 6.92 Å². The van der Waals surface area contributed by atoms with E-state index in [1.807, 2.05) is 16.9 Å². The molecule has 6 nitrogen and oxygen atoms in total. The van der Waals surface area contributed by atoms with Gasteiger partial charge >= 0.3 is 0 Å². The van der Waals surface area contributed by atoms with E-state index in [-0.39, 0.29) is 0 Å². The van der Waals surface area contributed by atoms with Crippen LogP contribution >= 0.6 is 0 Å². The molecule has 2 aromatic heterocycles. The summed E-state index contributed by atoms with van der Waals surface area (Å²) in [7, 11) is 0. The van der Waals surface area contributed by atoms with Gasteiger partial charge in [-0.3, -0.25) is 4.68 Å². The lowest BCUT2D eigenvalue weighted by molar-refractivity contribution is 0.470. The van der Waals surface area contributed by atoms with Gasteiger partial charge in [0.25, 0.3) is 0 Å². The van der Waals surface area contributed by atoms with Crippen LogP contribution in [0.3, 0.4) is 0 Å². The SMILES string of the molecule is CCC(C)n1ccc(Cn2ncnc2CN)n1. The minimum absolute atomic E-state index is 0.395. The molecule has 2 aromatic rings. The molecule has 0 saturated carbocycles. The molecule has 0 aromatic carbocycles. The lowest BCUT2D eigenvalue weighted by Gasteiger charge is -2.08. The molecule has 92 valence electrons. The molecule has 0 aliphatic heterocycles. The molecule has 2 heterocycles. The predicted octanol–water partition coefficient (Wildman–Crippen LogP) is 0.953. The Kier molecular flexibility index (Phi) is 3.53. The fourth-order valence-electron chi connectivity index (χ4n) is 1.63. The Morgan fingerprint density at radius 1 is 1.47 bits per heavy atom. The molecule has 1 unspecified atom stereocenters. The molecule has 0 fully saturated rings. The maximum absolute atomic E-state index is 5.57. The monoisotopic (exact) mass is 234 g/mol. The van der Waals surface area contributed by atoms with Crippen molar-refractivity contribution in [3.63, 3.8) is 0 Å². The third-order valence-electron chi connectivity index (χ3n) is 2.90. The van der Waals surface area contributed by atoms with Crippen molar-refractivity contribution < 1.29 is 0 Å². The fourth-order valence-corrected chi connectivity index (χ4v) is 1.63. The van der Waals surface area contributed by atoms with Gasteiger partial charge in [0, 0.05) is 12.2 Å². The van der Waals surface area contributed by atoms with Crippen molar-refractivity contribution in [2.24, 2.45) is 5.73 Å². The van der Waals surface area contributed by atoms with E-state index in [4.69, 9.17) is 5.73 Å². The highest BCUT2D eigenvalue weighted by atomic mass is 15.4. The van der Waals surface area contributed by atoms with E-state index in [1.165, 1.54) is 6.33 Å². The Balaban J connectivity index is 2.11. The van der Waals surface area contributed by atoms with Crippen LogP contribution < -0.4 is 5.73 Å². The lowest BCUT2D eigenvalue weighted by Crippen LogP contribution is -2.12. The van der Waals surface area contributed by atoms with E-state index in [1.54, 1.807) is 4.68 Å². The van der Waals surface area contributed by atoms with Gasteiger partial charge in [-0.2, -0.15) is 10.2 Å². The zero-order chi connectivity index (χ0) is 12.3. The normalized spacial score (nSPS) is 12.9. The molecule has 17 heavy (non-hydrogen) atoms. The van der Waals surface area contributed by atoms with Crippen molar-refractivity contribution in [1.82, 2.24) is 24.5 Å². The Labute approximate surface area is 100 Å². The van der Waals surface area contributed by atoms with Gasteiger partial charge in [-0.25, -0.2) is 9.67 Å². The zero-order valence-electron chi connectivity index (χ0n) is 10.2. The average molecular weight is 234 g/mol. The van der Waals surface area contributed by atoms with Crippen LogP contribution in [0.1, 0.15) is 37.8 Å². The first-order chi connectivity index (χ1) is 8.24. The van der Waals surface area contributed by atoms with Crippen molar-refractivity contribution in [3.8, 4) is 0 Å². The van der Waals surface area contributed by atoms with Crippen LogP contribution in [-0.2, 0) is 13.1 Å². The van der Waals surface area contributed by atoms with Crippen LogP contribution in [-0.4, -0.2) is 24.5 Å². The number of hydrogen-bond donors (Lipinski definition) is 1. The minimum Gasteiger partial charge on any atom is -0.324 e. The molecule has 2 rings (SSSR count). The molecule has 0 radical (unpaired) electrons. The summed E-state index contributed by atoms with van der Waals surface area (Å²) in [5, 5.41) is 8.65. The van der Waals surface area contributed by atoms with Crippen molar-refractivity contribution in [1.29, 1.82) is 0 Å². The van der Waals surface area contributed by atoms with Crippen molar-refractivity contribution in [2.75, 3.05) is 0 Å². The van der Waals surface area contributed by atoms with Crippen molar-refractivity contribution in [3.05, 3.63) is 30.1 Å². The van der Waals surface area contributed by atoms with Gasteiger partial charge in [-0.15, -0.1) is 0 Å². The molecule has 0 aliphatic carbocycles. The van der Waals surface area contributed by atoms with Gasteiger partial charge in [0.1, 0.15) is 12.2 Å². The summed E-state index contributed by atoms with van der Waals surface area (Å²) in [6.07, 6.45) is 4.59. The first-order valence-electron chi connectivity index (χ1n) is 5.85. The van der Waals surface area contributed by atoms with Crippen LogP contribution in [0, 0.1) is 0 Å². The van der Waals surface area contributed by atoms with Gasteiger partial charge < -0.3 is 5.73 Å². The maximum atomic E-state index is 5.57. The Bertz CT molecular complexity index is 472. The van der Waals surface area contributed by atoms with Crippen molar-refractivity contribution in [2.45, 2.75) is 39.4 Å². The molecular formula is C11H18N6. The van der Waals surface area contributed by atoms with Crippen LogP contribution in [0.25, 0.3) is 0 Å². The standard InChI is InChI=1S/C11H18N6/c1-3-9(2)16-5-4-10(15-16)7-17-11(6-12)13-8-14-17/h4-5,8-9H,3,6-7,12H2,1-2H3. The second kappa shape index (κ2) is 5.09. The first kappa shape index (κ1) is 11.8. The Morgan fingerprint density at radius 2 is 2.29 bits per heavy atom. The third kappa shape index (κ3) is 2.52. The summed E-state index contributed by atoms with van der Waals surface area (Å²) < 4.78 is 3.76. The van der Waals surface area contributed by atoms with E-state index in [0.29, 0.717) is 19.1 Å². The summed E-state index contributed by atoms with van der Waals surface area (Å²) in [4.78, 5) is 4.08. The van der Waals surface area contributed by atoms with E-state index in [9.17, 15) is 0 Å². The van der Waals surface area contributed by atoms with Crippen LogP contribution in [0.15, 0.2) is 18.6 Å². The van der Waals surface area contributed by atoms with Crippen LogP contribution in [0.4, 0.5) is 0 Å². The number of rotatable bonds is 5. The van der Waals surface area contributed by atoms with Crippen LogP contribution in [0.5, 0.6) is 0 Å². The average Bonchev–Trinajstić information content (AvgIpc) is 2.97. The van der Waals surface area contributed by atoms with E-state index in [2.05, 4.69) is 29.0 Å². The summed E-state index contributed by atoms with van der Waals surface area (Å²) in [5.74, 6) is 0.781. The first-order valence-corrected chi connectivity index (χ1v) is 5.85. The number of nitrogens with zero attached hydrogens (tertiary/aromatic N) is 5. The van der Waals surface area contributed by atoms with E-state index in [0.717, 1.165) is 17.9 Å². The number of aromatic nitrogens is 5. The quantitative estimate of drug-likeness (QED) is 0.836. The highest BCUT2D eigenvalue weighted by Gasteiger charge is 2.07. The third-order valence-corrected chi connectivity index (χ3v) is 2.90. The molecule has 0 bridgehead atoms. The molecule has 1 atom stereocenters. The highest BCUT2D eigenvalue weighted by molar-refractivity contribution is 5.01. The minimum atomic E-state index is 0.395. The number of hydrogen-bond acceptors (Lipinski definition) is 4. The Hall–Kier alpha value is -1.69. The smallest absolute Gasteiger partial charge is 0.141 e. The second-order valence-electron chi connectivity index (χ2n) is 4.08. The van der Waals surface area contributed by atoms with Gasteiger partial charge in [0.15, 0.2) is 0 Å². The van der Waals surface area contributed by atoms with Gasteiger partial charge in [-0.05, 0) is 19.4 Å². The molecule has 0 aliphatic rings. The second-order valence-corrected chi connectivity index (χ2v) is 4.08. The fraction of sp³-hybridized carbons (Fsp3) is 0.545. The Morgan fingerprint density at radius 3 is 3.00 bits per heavy atom. The molecule has 2 N–H and O–H groups in total. The topological polar surface area (TPSA) is 74.5 Å². The summed E-state index contributed by atoms with van der Waals surface area (Å²) in [6.45, 7) is 5.32. The maximum Gasteiger partial charge on any atom is 0.141 e. The van der Waals surface area contributed by atoms with E-state index < -0.39 is 0 Å². The van der Waals surface area contributed by atoms with Crippen molar-refractivity contribution >= 4 is 0 Å². The largest absolute Gasteiger partial charge is 0.324 e. The zero-order valence-corrected chi connectivity index (χ0v) is 10.2. The highest BCUT2D eigenvalue weighted by Crippen LogP contribution is 2.10. The van der Waals surface area contributed by atoms with E-state index >= 15 is 0 Å². The summed E-state index contributed by atoms with van der Waals surface area (Å²) in [5.41, 5.74) is 6.55. The molecule has 6 heteroatoms.